The van der Waals surface area contributed by atoms with Crippen LogP contribution in [0.3, 0.4) is 0 Å². The first-order chi connectivity index (χ1) is 11.6. The van der Waals surface area contributed by atoms with Crippen LogP contribution in [0.5, 0.6) is 0 Å². The van der Waals surface area contributed by atoms with Crippen LogP contribution in [0.2, 0.25) is 0 Å². The Kier molecular flexibility index (Phi) is 4.86. The standard InChI is InChI=1S/C18H13BrFN3O/c19-13-5-1-3-7-15(13)22-17-11-12(9-10-21-17)18(24)23-16-8-4-2-6-14(16)20/h1-11H,(H,21,22)(H,23,24). The highest BCUT2D eigenvalue weighted by Gasteiger charge is 2.10. The number of carbonyl (C=O) groups is 1. The highest BCUT2D eigenvalue weighted by Crippen LogP contribution is 2.24. The molecule has 24 heavy (non-hydrogen) atoms. The van der Waals surface area contributed by atoms with Gasteiger partial charge >= 0.3 is 0 Å². The normalized spacial score (nSPS) is 10.2. The summed E-state index contributed by atoms with van der Waals surface area (Å²) in [5.74, 6) is -0.368. The average Bonchev–Trinajstić information content (AvgIpc) is 2.59. The second-order valence-electron chi connectivity index (χ2n) is 4.97. The molecule has 0 atom stereocenters. The second kappa shape index (κ2) is 7.23. The summed E-state index contributed by atoms with van der Waals surface area (Å²) in [5.41, 5.74) is 1.35. The van der Waals surface area contributed by atoms with Gasteiger partial charge in [0.1, 0.15) is 11.6 Å². The molecule has 1 aromatic heterocycles. The van der Waals surface area contributed by atoms with E-state index in [9.17, 15) is 9.18 Å². The van der Waals surface area contributed by atoms with Crippen LogP contribution in [0.25, 0.3) is 0 Å². The third-order valence-electron chi connectivity index (χ3n) is 3.28. The fourth-order valence-corrected chi connectivity index (χ4v) is 2.48. The zero-order valence-electron chi connectivity index (χ0n) is 12.5. The van der Waals surface area contributed by atoms with Crippen molar-refractivity contribution in [2.45, 2.75) is 0 Å². The zero-order chi connectivity index (χ0) is 16.9. The Bertz CT molecular complexity index is 885. The van der Waals surface area contributed by atoms with Gasteiger partial charge < -0.3 is 10.6 Å². The Labute approximate surface area is 146 Å². The van der Waals surface area contributed by atoms with Gasteiger partial charge in [0.25, 0.3) is 5.91 Å². The van der Waals surface area contributed by atoms with Gasteiger partial charge in [0, 0.05) is 16.2 Å². The fraction of sp³-hybridized carbons (Fsp3) is 0. The maximum atomic E-state index is 13.6. The van der Waals surface area contributed by atoms with Crippen molar-refractivity contribution in [2.24, 2.45) is 0 Å². The highest BCUT2D eigenvalue weighted by molar-refractivity contribution is 9.10. The summed E-state index contributed by atoms with van der Waals surface area (Å²) in [7, 11) is 0. The number of carbonyl (C=O) groups excluding carboxylic acids is 1. The van der Waals surface area contributed by atoms with E-state index in [1.54, 1.807) is 24.3 Å². The van der Waals surface area contributed by atoms with Gasteiger partial charge in [-0.15, -0.1) is 0 Å². The molecule has 3 rings (SSSR count). The maximum Gasteiger partial charge on any atom is 0.255 e. The van der Waals surface area contributed by atoms with Gasteiger partial charge in [-0.1, -0.05) is 24.3 Å². The smallest absolute Gasteiger partial charge is 0.255 e. The lowest BCUT2D eigenvalue weighted by atomic mass is 10.2. The number of aromatic nitrogens is 1. The lowest BCUT2D eigenvalue weighted by Crippen LogP contribution is -2.13. The molecule has 0 radical (unpaired) electrons. The molecule has 0 bridgehead atoms. The zero-order valence-corrected chi connectivity index (χ0v) is 14.0. The van der Waals surface area contributed by atoms with Crippen molar-refractivity contribution in [3.05, 3.63) is 82.7 Å². The van der Waals surface area contributed by atoms with E-state index in [0.29, 0.717) is 11.4 Å². The number of hydrogen-bond acceptors (Lipinski definition) is 3. The third-order valence-corrected chi connectivity index (χ3v) is 3.97. The molecule has 1 amide bonds. The quantitative estimate of drug-likeness (QED) is 0.665. The van der Waals surface area contributed by atoms with E-state index in [1.165, 1.54) is 18.3 Å². The van der Waals surface area contributed by atoms with Crippen molar-refractivity contribution < 1.29 is 9.18 Å². The van der Waals surface area contributed by atoms with Crippen LogP contribution in [0, 0.1) is 5.82 Å². The average molecular weight is 386 g/mol. The maximum absolute atomic E-state index is 13.6. The number of nitrogens with one attached hydrogen (secondary N) is 2. The summed E-state index contributed by atoms with van der Waals surface area (Å²) in [6.45, 7) is 0. The van der Waals surface area contributed by atoms with Crippen LogP contribution in [0.4, 0.5) is 21.6 Å². The molecule has 6 heteroatoms. The first kappa shape index (κ1) is 16.1. The van der Waals surface area contributed by atoms with Crippen molar-refractivity contribution in [3.8, 4) is 0 Å². The number of para-hydroxylation sites is 2. The van der Waals surface area contributed by atoms with Gasteiger partial charge in [-0.05, 0) is 52.3 Å². The minimum atomic E-state index is -0.480. The predicted molar refractivity (Wildman–Crippen MR) is 96.0 cm³/mol. The summed E-state index contributed by atoms with van der Waals surface area (Å²) < 4.78 is 14.5. The number of pyridine rings is 1. The number of amides is 1. The Balaban J connectivity index is 1.79. The molecule has 2 aromatic carbocycles. The number of benzene rings is 2. The molecule has 1 heterocycles. The highest BCUT2D eigenvalue weighted by atomic mass is 79.9. The largest absolute Gasteiger partial charge is 0.339 e. The van der Waals surface area contributed by atoms with Gasteiger partial charge in [0.2, 0.25) is 0 Å². The molecule has 0 saturated heterocycles. The number of anilines is 3. The van der Waals surface area contributed by atoms with Crippen LogP contribution in [-0.4, -0.2) is 10.9 Å². The molecule has 120 valence electrons. The molecule has 2 N–H and O–H groups in total. The van der Waals surface area contributed by atoms with Gasteiger partial charge in [-0.25, -0.2) is 9.37 Å². The van der Waals surface area contributed by atoms with Gasteiger partial charge in [0.15, 0.2) is 0 Å². The SMILES string of the molecule is O=C(Nc1ccccc1F)c1ccnc(Nc2ccccc2Br)c1. The number of halogens is 2. The minimum Gasteiger partial charge on any atom is -0.339 e. The van der Waals surface area contributed by atoms with Crippen molar-refractivity contribution in [3.63, 3.8) is 0 Å². The summed E-state index contributed by atoms with van der Waals surface area (Å²) in [4.78, 5) is 16.5. The lowest BCUT2D eigenvalue weighted by molar-refractivity contribution is 0.102. The molecule has 0 unspecified atom stereocenters. The first-order valence-corrected chi connectivity index (χ1v) is 7.96. The molecule has 0 spiro atoms. The molecule has 3 aromatic rings. The van der Waals surface area contributed by atoms with Crippen LogP contribution in [0.1, 0.15) is 10.4 Å². The number of rotatable bonds is 4. The van der Waals surface area contributed by atoms with E-state index in [2.05, 4.69) is 31.5 Å². The fourth-order valence-electron chi connectivity index (χ4n) is 2.10. The molecule has 0 aliphatic rings. The Hall–Kier alpha value is -2.73. The summed E-state index contributed by atoms with van der Waals surface area (Å²) in [6.07, 6.45) is 1.52. The van der Waals surface area contributed by atoms with E-state index < -0.39 is 11.7 Å². The van der Waals surface area contributed by atoms with E-state index >= 15 is 0 Å². The van der Waals surface area contributed by atoms with Crippen LogP contribution in [-0.2, 0) is 0 Å². The third kappa shape index (κ3) is 3.78. The Morgan fingerprint density at radius 2 is 1.71 bits per heavy atom. The molecular formula is C18H13BrFN3O. The van der Waals surface area contributed by atoms with E-state index in [4.69, 9.17) is 0 Å². The van der Waals surface area contributed by atoms with Crippen LogP contribution < -0.4 is 10.6 Å². The molecule has 0 saturated carbocycles. The predicted octanol–water partition coefficient (Wildman–Crippen LogP) is 4.98. The monoisotopic (exact) mass is 385 g/mol. The van der Waals surface area contributed by atoms with Gasteiger partial charge in [-0.3, -0.25) is 4.79 Å². The Morgan fingerprint density at radius 1 is 1.00 bits per heavy atom. The molecule has 0 aliphatic carbocycles. The second-order valence-corrected chi connectivity index (χ2v) is 5.82. The van der Waals surface area contributed by atoms with Crippen LogP contribution in [0.15, 0.2) is 71.3 Å². The number of nitrogens with zero attached hydrogens (tertiary/aromatic N) is 1. The lowest BCUT2D eigenvalue weighted by Gasteiger charge is -2.10. The van der Waals surface area contributed by atoms with Crippen LogP contribution >= 0.6 is 15.9 Å². The molecule has 4 nitrogen and oxygen atoms in total. The van der Waals surface area contributed by atoms with E-state index in [1.807, 2.05) is 24.3 Å². The van der Waals surface area contributed by atoms with Gasteiger partial charge in [0.05, 0.1) is 11.4 Å². The summed E-state index contributed by atoms with van der Waals surface area (Å²) in [5, 5.41) is 5.68. The van der Waals surface area contributed by atoms with Crippen molar-refractivity contribution in [1.29, 1.82) is 0 Å². The van der Waals surface area contributed by atoms with Crippen molar-refractivity contribution in [2.75, 3.05) is 10.6 Å². The van der Waals surface area contributed by atoms with Gasteiger partial charge in [-0.2, -0.15) is 0 Å². The molecule has 0 fully saturated rings. The number of hydrogen-bond donors (Lipinski definition) is 2. The summed E-state index contributed by atoms with van der Waals surface area (Å²) >= 11 is 3.44. The topological polar surface area (TPSA) is 54.0 Å². The molecule has 0 aliphatic heterocycles. The van der Waals surface area contributed by atoms with Crippen molar-refractivity contribution in [1.82, 2.24) is 4.98 Å². The first-order valence-electron chi connectivity index (χ1n) is 7.17. The minimum absolute atomic E-state index is 0.139. The Morgan fingerprint density at radius 3 is 2.46 bits per heavy atom. The van der Waals surface area contributed by atoms with E-state index in [-0.39, 0.29) is 5.69 Å². The molecular weight excluding hydrogens is 373 g/mol. The summed E-state index contributed by atoms with van der Waals surface area (Å²) in [6, 6.07) is 16.8. The van der Waals surface area contributed by atoms with E-state index in [0.717, 1.165) is 10.2 Å². The van der Waals surface area contributed by atoms with Crippen molar-refractivity contribution >= 4 is 39.0 Å².